The fourth-order valence-electron chi connectivity index (χ4n) is 14.0. The Bertz CT molecular complexity index is 1780. The molecule has 5 fully saturated rings. The van der Waals surface area contributed by atoms with E-state index in [0.29, 0.717) is 42.9 Å². The maximum atomic E-state index is 14.3. The van der Waals surface area contributed by atoms with Crippen molar-refractivity contribution in [2.45, 2.75) is 145 Å². The smallest absolute Gasteiger partial charge is 0.309 e. The fraction of sp³-hybridized carbons (Fsp3) is 0.739. The maximum absolute atomic E-state index is 14.3. The molecule has 0 radical (unpaired) electrons. The number of allylic oxidation sites excluding steroid dienone is 1. The topological polar surface area (TPSA) is 113 Å². The molecule has 2 N–H and O–H groups in total. The number of rotatable bonds is 8. The molecule has 1 heterocycles. The van der Waals surface area contributed by atoms with Crippen molar-refractivity contribution in [3.63, 3.8) is 0 Å². The highest BCUT2D eigenvalue weighted by atomic mass is 35.5. The van der Waals surface area contributed by atoms with E-state index < -0.39 is 17.4 Å². The molecule has 302 valence electrons. The molecule has 4 saturated carbocycles. The van der Waals surface area contributed by atoms with Crippen molar-refractivity contribution in [3.05, 3.63) is 46.0 Å². The number of ketones is 1. The van der Waals surface area contributed by atoms with E-state index >= 15 is 0 Å². The number of carboxylic acids is 1. The number of hydrogen-bond acceptors (Lipinski definition) is 6. The summed E-state index contributed by atoms with van der Waals surface area (Å²) in [6, 6.07) is 7.75. The van der Waals surface area contributed by atoms with Crippen molar-refractivity contribution < 1.29 is 29.0 Å². The molecular formula is C46H65ClN2O6. The summed E-state index contributed by atoms with van der Waals surface area (Å²) >= 11 is 6.19. The summed E-state index contributed by atoms with van der Waals surface area (Å²) in [5.74, 6) is 0.148. The largest absolute Gasteiger partial charge is 0.481 e. The Morgan fingerprint density at radius 1 is 0.945 bits per heavy atom. The standard InChI is InChI=1S/C46H65ClN2O6/c1-27(2)38-31(50)22-46(34-25-49(26-36(51)48-34)24-28-10-12-29(47)13-11-28)21-20-44(8)30(39(38)46)14-15-33-43(7)18-17-35(55-37(52)23-41(3,4)40(53)54)42(5,6)32(43)16-19-45(33,44)9/h10-13,27,30,32-35H,14-26H2,1-9H3,(H,48,51)(H,53,54)/t30-,32+,33-,34+,35+,43+,44-,45-,46+/m1/s1. The highest BCUT2D eigenvalue weighted by Gasteiger charge is 2.71. The number of fused-ring (bicyclic) bond motifs is 7. The van der Waals surface area contributed by atoms with E-state index in [1.807, 2.05) is 24.3 Å². The van der Waals surface area contributed by atoms with Gasteiger partial charge in [0, 0.05) is 35.4 Å². The third-order valence-electron chi connectivity index (χ3n) is 17.0. The Labute approximate surface area is 333 Å². The van der Waals surface area contributed by atoms with Crippen molar-refractivity contribution in [3.8, 4) is 0 Å². The molecule has 1 amide bonds. The number of Topliss-reactive ketones (excluding diaryl/α,β-unsaturated/α-hetero) is 1. The molecule has 9 heteroatoms. The van der Waals surface area contributed by atoms with Gasteiger partial charge in [-0.25, -0.2) is 0 Å². The Balaban J connectivity index is 1.18. The quantitative estimate of drug-likeness (QED) is 0.254. The third-order valence-corrected chi connectivity index (χ3v) is 17.2. The first-order valence-electron chi connectivity index (χ1n) is 21.1. The summed E-state index contributed by atoms with van der Waals surface area (Å²) in [6.45, 7) is 21.5. The van der Waals surface area contributed by atoms with Crippen LogP contribution in [0.1, 0.15) is 132 Å². The minimum absolute atomic E-state index is 0.00890. The number of halogens is 1. The van der Waals surface area contributed by atoms with E-state index in [2.05, 4.69) is 58.7 Å². The predicted molar refractivity (Wildman–Crippen MR) is 214 cm³/mol. The van der Waals surface area contributed by atoms with Gasteiger partial charge in [-0.05, 0) is 128 Å². The molecule has 6 aliphatic rings. The van der Waals surface area contributed by atoms with Crippen LogP contribution < -0.4 is 5.32 Å². The first-order chi connectivity index (χ1) is 25.6. The summed E-state index contributed by atoms with van der Waals surface area (Å²) in [6.07, 6.45) is 8.04. The average molecular weight is 777 g/mol. The molecule has 0 bridgehead atoms. The number of nitrogens with zero attached hydrogens (tertiary/aromatic N) is 1. The van der Waals surface area contributed by atoms with Crippen LogP contribution in [0.4, 0.5) is 0 Å². The van der Waals surface area contributed by atoms with Gasteiger partial charge in [-0.15, -0.1) is 0 Å². The molecule has 1 aromatic carbocycles. The normalized spacial score (nSPS) is 38.8. The van der Waals surface area contributed by atoms with Crippen molar-refractivity contribution >= 4 is 35.2 Å². The highest BCUT2D eigenvalue weighted by Crippen LogP contribution is 2.77. The molecule has 1 aromatic rings. The molecule has 0 aromatic heterocycles. The molecular weight excluding hydrogens is 712 g/mol. The highest BCUT2D eigenvalue weighted by molar-refractivity contribution is 6.30. The SMILES string of the molecule is CC(C)C1=C2[C@H]3CC[C@@H]4[C@@]5(C)CC[C@H](OC(=O)CC(C)(C)C(=O)O)C(C)(C)[C@@H]5CC[C@@]4(C)[C@]3(C)CC[C@@]2([C@@H]2CN(Cc3ccc(Cl)cc3)CC(=O)N2)CC1=O. The van der Waals surface area contributed by atoms with Crippen LogP contribution in [0.15, 0.2) is 35.4 Å². The van der Waals surface area contributed by atoms with Gasteiger partial charge in [0.05, 0.1) is 24.4 Å². The molecule has 0 unspecified atom stereocenters. The minimum Gasteiger partial charge on any atom is -0.481 e. The van der Waals surface area contributed by atoms with E-state index in [0.717, 1.165) is 62.5 Å². The Morgan fingerprint density at radius 2 is 1.64 bits per heavy atom. The van der Waals surface area contributed by atoms with Crippen LogP contribution in [0.3, 0.4) is 0 Å². The lowest BCUT2D eigenvalue weighted by Gasteiger charge is -2.72. The number of benzene rings is 1. The fourth-order valence-corrected chi connectivity index (χ4v) is 14.2. The Morgan fingerprint density at radius 3 is 2.29 bits per heavy atom. The van der Waals surface area contributed by atoms with Crippen molar-refractivity contribution in [2.24, 2.45) is 56.2 Å². The molecule has 8 nitrogen and oxygen atoms in total. The molecule has 9 atom stereocenters. The first kappa shape index (κ1) is 40.5. The van der Waals surface area contributed by atoms with Gasteiger partial charge in [-0.3, -0.25) is 24.1 Å². The number of ether oxygens (including phenoxy) is 1. The van der Waals surface area contributed by atoms with Gasteiger partial charge >= 0.3 is 11.9 Å². The van der Waals surface area contributed by atoms with Crippen LogP contribution in [-0.2, 0) is 30.5 Å². The minimum atomic E-state index is -1.17. The second kappa shape index (κ2) is 13.7. The summed E-state index contributed by atoms with van der Waals surface area (Å²) in [5, 5.41) is 13.8. The predicted octanol–water partition coefficient (Wildman–Crippen LogP) is 9.03. The number of hydrogen-bond donors (Lipinski definition) is 2. The number of aliphatic carboxylic acids is 1. The van der Waals surface area contributed by atoms with E-state index in [1.165, 1.54) is 5.57 Å². The van der Waals surface area contributed by atoms with Crippen LogP contribution in [0.25, 0.3) is 0 Å². The van der Waals surface area contributed by atoms with Crippen molar-refractivity contribution in [1.29, 1.82) is 0 Å². The van der Waals surface area contributed by atoms with Gasteiger partial charge in [-0.2, -0.15) is 0 Å². The first-order valence-corrected chi connectivity index (χ1v) is 21.4. The van der Waals surface area contributed by atoms with Gasteiger partial charge in [0.15, 0.2) is 5.78 Å². The Kier molecular flexibility index (Phi) is 10.1. The van der Waals surface area contributed by atoms with Gasteiger partial charge in [-0.1, -0.05) is 77.8 Å². The zero-order valence-electron chi connectivity index (χ0n) is 34.8. The number of carboxylic acid groups (broad SMARTS) is 1. The zero-order chi connectivity index (χ0) is 40.1. The zero-order valence-corrected chi connectivity index (χ0v) is 35.5. The van der Waals surface area contributed by atoms with Crippen LogP contribution in [0.2, 0.25) is 5.02 Å². The van der Waals surface area contributed by atoms with E-state index in [1.54, 1.807) is 13.8 Å². The van der Waals surface area contributed by atoms with Crippen LogP contribution in [-0.4, -0.2) is 58.9 Å². The summed E-state index contributed by atoms with van der Waals surface area (Å²) in [5.41, 5.74) is 1.85. The summed E-state index contributed by atoms with van der Waals surface area (Å²) < 4.78 is 6.19. The molecule has 1 saturated heterocycles. The molecule has 7 rings (SSSR count). The van der Waals surface area contributed by atoms with E-state index in [4.69, 9.17) is 16.3 Å². The average Bonchev–Trinajstić information content (AvgIpc) is 3.40. The van der Waals surface area contributed by atoms with Gasteiger partial charge < -0.3 is 15.2 Å². The van der Waals surface area contributed by atoms with E-state index in [-0.39, 0.29) is 69.2 Å². The lowest BCUT2D eigenvalue weighted by molar-refractivity contribution is -0.234. The maximum Gasteiger partial charge on any atom is 0.309 e. The van der Waals surface area contributed by atoms with Crippen LogP contribution >= 0.6 is 11.6 Å². The summed E-state index contributed by atoms with van der Waals surface area (Å²) in [7, 11) is 0. The third kappa shape index (κ3) is 6.33. The van der Waals surface area contributed by atoms with Gasteiger partial charge in [0.1, 0.15) is 6.10 Å². The number of amides is 1. The molecule has 0 spiro atoms. The lowest BCUT2D eigenvalue weighted by atomic mass is 9.32. The molecule has 5 aliphatic carbocycles. The second-order valence-corrected chi connectivity index (χ2v) is 21.4. The number of piperazine rings is 1. The van der Waals surface area contributed by atoms with Gasteiger partial charge in [0.2, 0.25) is 5.91 Å². The lowest BCUT2D eigenvalue weighted by Crippen LogP contribution is -2.67. The van der Waals surface area contributed by atoms with Crippen LogP contribution in [0.5, 0.6) is 0 Å². The monoisotopic (exact) mass is 776 g/mol. The van der Waals surface area contributed by atoms with Crippen LogP contribution in [0, 0.1) is 56.2 Å². The second-order valence-electron chi connectivity index (χ2n) is 21.0. The Hall–Kier alpha value is -2.71. The number of carbonyl (C=O) groups is 4. The molecule has 1 aliphatic heterocycles. The summed E-state index contributed by atoms with van der Waals surface area (Å²) in [4.78, 5) is 55.0. The van der Waals surface area contributed by atoms with E-state index in [9.17, 15) is 24.3 Å². The number of carbonyl (C=O) groups excluding carboxylic acids is 3. The van der Waals surface area contributed by atoms with Gasteiger partial charge in [0.25, 0.3) is 0 Å². The molecule has 55 heavy (non-hydrogen) atoms. The van der Waals surface area contributed by atoms with Crippen molar-refractivity contribution in [2.75, 3.05) is 13.1 Å². The number of nitrogens with one attached hydrogen (secondary N) is 1. The van der Waals surface area contributed by atoms with Crippen molar-refractivity contribution in [1.82, 2.24) is 10.2 Å². The number of esters is 1.